The highest BCUT2D eigenvalue weighted by atomic mass is 19.1. The van der Waals surface area contributed by atoms with Crippen LogP contribution in [0.1, 0.15) is 31.1 Å². The Morgan fingerprint density at radius 1 is 1.17 bits per heavy atom. The number of halogens is 2. The van der Waals surface area contributed by atoms with Gasteiger partial charge in [-0.05, 0) is 44.5 Å². The first-order chi connectivity index (χ1) is 13.7. The van der Waals surface area contributed by atoms with Gasteiger partial charge in [-0.1, -0.05) is 18.2 Å². The summed E-state index contributed by atoms with van der Waals surface area (Å²) < 4.78 is 34.6. The lowest BCUT2D eigenvalue weighted by atomic mass is 9.98. The lowest BCUT2D eigenvalue weighted by Crippen LogP contribution is -2.24. The summed E-state index contributed by atoms with van der Waals surface area (Å²) in [4.78, 5) is 27.0. The van der Waals surface area contributed by atoms with Gasteiger partial charge < -0.3 is 4.74 Å². The molecule has 2 aromatic carbocycles. The molecule has 0 N–H and O–H groups in total. The molecule has 150 valence electrons. The first-order valence-electron chi connectivity index (χ1n) is 8.81. The molecule has 6 nitrogen and oxygen atoms in total. The molecule has 29 heavy (non-hydrogen) atoms. The number of hydrogen-bond acceptors (Lipinski definition) is 5. The largest absolute Gasteiger partial charge is 0.442 e. The van der Waals surface area contributed by atoms with Crippen molar-refractivity contribution in [1.29, 1.82) is 0 Å². The molecule has 0 spiro atoms. The van der Waals surface area contributed by atoms with Crippen molar-refractivity contribution in [2.45, 2.75) is 27.5 Å². The molecule has 0 aliphatic carbocycles. The Kier molecular flexibility index (Phi) is 5.54. The van der Waals surface area contributed by atoms with E-state index in [4.69, 9.17) is 4.74 Å². The Balaban J connectivity index is 1.85. The third-order valence-corrected chi connectivity index (χ3v) is 4.15. The van der Waals surface area contributed by atoms with E-state index >= 15 is 0 Å². The van der Waals surface area contributed by atoms with E-state index in [-0.39, 0.29) is 24.5 Å². The van der Waals surface area contributed by atoms with Crippen LogP contribution in [0.5, 0.6) is 0 Å². The number of aldehydes is 1. The molecule has 0 aliphatic rings. The van der Waals surface area contributed by atoms with Gasteiger partial charge in [0, 0.05) is 11.1 Å². The quantitative estimate of drug-likeness (QED) is 0.474. The van der Waals surface area contributed by atoms with Crippen molar-refractivity contribution in [2.75, 3.05) is 0 Å². The van der Waals surface area contributed by atoms with Crippen LogP contribution in [0.25, 0.3) is 22.5 Å². The van der Waals surface area contributed by atoms with Gasteiger partial charge >= 0.3 is 5.97 Å². The third-order valence-electron chi connectivity index (χ3n) is 4.15. The van der Waals surface area contributed by atoms with Gasteiger partial charge in [-0.3, -0.25) is 9.59 Å². The number of carbonyl (C=O) groups excluding carboxylic acids is 2. The Bertz CT molecular complexity index is 1070. The monoisotopic (exact) mass is 399 g/mol. The highest BCUT2D eigenvalue weighted by Crippen LogP contribution is 2.29. The van der Waals surface area contributed by atoms with Crippen LogP contribution in [0.2, 0.25) is 0 Å². The zero-order valence-electron chi connectivity index (χ0n) is 16.1. The van der Waals surface area contributed by atoms with E-state index in [1.54, 1.807) is 45.0 Å². The number of ether oxygens (including phenoxy) is 1. The van der Waals surface area contributed by atoms with Gasteiger partial charge in [-0.25, -0.2) is 18.4 Å². The Morgan fingerprint density at radius 3 is 2.59 bits per heavy atom. The molecular formula is C21H19F2N3O3. The fourth-order valence-electron chi connectivity index (χ4n) is 2.56. The van der Waals surface area contributed by atoms with E-state index in [1.807, 2.05) is 0 Å². The first-order valence-corrected chi connectivity index (χ1v) is 8.81. The van der Waals surface area contributed by atoms with Gasteiger partial charge in [0.15, 0.2) is 18.8 Å². The highest BCUT2D eigenvalue weighted by molar-refractivity contribution is 5.81. The van der Waals surface area contributed by atoms with E-state index in [2.05, 4.69) is 10.1 Å². The predicted molar refractivity (Wildman–Crippen MR) is 102 cm³/mol. The minimum Gasteiger partial charge on any atom is -0.442 e. The van der Waals surface area contributed by atoms with Gasteiger partial charge in [-0.15, -0.1) is 5.10 Å². The standard InChI is InChI=1S/C21H19F2N3O3/c1-21(2,3)20(28)29-12-26-11-24-19(25-26)14-6-4-5-13(9-14)15-7-8-17(22)16(10-27)18(15)23/h4-11H,12H2,1-3H3. The van der Waals surface area contributed by atoms with Crippen molar-refractivity contribution in [3.05, 3.63) is 59.9 Å². The zero-order chi connectivity index (χ0) is 21.2. The molecule has 0 unspecified atom stereocenters. The molecule has 0 saturated carbocycles. The number of carbonyl (C=O) groups is 2. The summed E-state index contributed by atoms with van der Waals surface area (Å²) in [5.41, 5.74) is -0.125. The Morgan fingerprint density at radius 2 is 1.90 bits per heavy atom. The minimum absolute atomic E-state index is 0.0852. The number of nitrogens with zero attached hydrogens (tertiary/aromatic N) is 3. The first kappa shape index (κ1) is 20.3. The van der Waals surface area contributed by atoms with Crippen LogP contribution in [0.15, 0.2) is 42.7 Å². The summed E-state index contributed by atoms with van der Waals surface area (Å²) in [6.07, 6.45) is 1.57. The third kappa shape index (κ3) is 4.37. The van der Waals surface area contributed by atoms with Crippen LogP contribution in [0.4, 0.5) is 8.78 Å². The van der Waals surface area contributed by atoms with E-state index in [1.165, 1.54) is 17.1 Å². The molecule has 0 bridgehead atoms. The van der Waals surface area contributed by atoms with Crippen molar-refractivity contribution < 1.29 is 23.1 Å². The van der Waals surface area contributed by atoms with Crippen molar-refractivity contribution in [3.63, 3.8) is 0 Å². The second-order valence-electron chi connectivity index (χ2n) is 7.44. The topological polar surface area (TPSA) is 74.1 Å². The fraction of sp³-hybridized carbons (Fsp3) is 0.238. The molecule has 1 aromatic heterocycles. The van der Waals surface area contributed by atoms with Crippen LogP contribution in [-0.2, 0) is 16.3 Å². The predicted octanol–water partition coefficient (Wildman–Crippen LogP) is 4.25. The molecule has 1 heterocycles. The van der Waals surface area contributed by atoms with Crippen LogP contribution >= 0.6 is 0 Å². The molecule has 0 fully saturated rings. The van der Waals surface area contributed by atoms with Crippen LogP contribution in [0.3, 0.4) is 0 Å². The second-order valence-corrected chi connectivity index (χ2v) is 7.44. The summed E-state index contributed by atoms with van der Waals surface area (Å²) >= 11 is 0. The lowest BCUT2D eigenvalue weighted by molar-refractivity contribution is -0.157. The van der Waals surface area contributed by atoms with Crippen molar-refractivity contribution in [3.8, 4) is 22.5 Å². The molecule has 0 saturated heterocycles. The summed E-state index contributed by atoms with van der Waals surface area (Å²) in [5.74, 6) is -1.86. The van der Waals surface area contributed by atoms with Gasteiger partial charge in [0.1, 0.15) is 18.0 Å². The van der Waals surface area contributed by atoms with Crippen LogP contribution in [0, 0.1) is 17.0 Å². The smallest absolute Gasteiger partial charge is 0.313 e. The maximum absolute atomic E-state index is 14.5. The maximum atomic E-state index is 14.5. The summed E-state index contributed by atoms with van der Waals surface area (Å²) in [7, 11) is 0. The molecule has 3 rings (SSSR count). The van der Waals surface area contributed by atoms with E-state index in [0.29, 0.717) is 17.0 Å². The van der Waals surface area contributed by atoms with E-state index in [0.717, 1.165) is 6.07 Å². The molecule has 0 atom stereocenters. The average molecular weight is 399 g/mol. The van der Waals surface area contributed by atoms with Crippen molar-refractivity contribution >= 4 is 12.3 Å². The molecule has 0 radical (unpaired) electrons. The highest BCUT2D eigenvalue weighted by Gasteiger charge is 2.23. The number of esters is 1. The van der Waals surface area contributed by atoms with Gasteiger partial charge in [0.2, 0.25) is 0 Å². The van der Waals surface area contributed by atoms with Crippen LogP contribution in [-0.4, -0.2) is 27.0 Å². The van der Waals surface area contributed by atoms with Crippen molar-refractivity contribution in [2.24, 2.45) is 5.41 Å². The minimum atomic E-state index is -0.926. The summed E-state index contributed by atoms with van der Waals surface area (Å²) in [6.45, 7) is 5.16. The number of benzene rings is 2. The Labute approximate surface area is 166 Å². The number of rotatable bonds is 5. The normalized spacial score (nSPS) is 11.3. The lowest BCUT2D eigenvalue weighted by Gasteiger charge is -2.16. The van der Waals surface area contributed by atoms with E-state index < -0.39 is 22.6 Å². The molecule has 8 heteroatoms. The fourth-order valence-corrected chi connectivity index (χ4v) is 2.56. The van der Waals surface area contributed by atoms with Gasteiger partial charge in [0.05, 0.1) is 11.0 Å². The molecule has 3 aromatic rings. The molecular weight excluding hydrogens is 380 g/mol. The number of aromatic nitrogens is 3. The van der Waals surface area contributed by atoms with Crippen LogP contribution < -0.4 is 0 Å². The molecule has 0 aliphatic heterocycles. The van der Waals surface area contributed by atoms with Gasteiger partial charge in [0.25, 0.3) is 0 Å². The van der Waals surface area contributed by atoms with Crippen molar-refractivity contribution in [1.82, 2.24) is 14.8 Å². The zero-order valence-corrected chi connectivity index (χ0v) is 16.1. The van der Waals surface area contributed by atoms with Gasteiger partial charge in [-0.2, -0.15) is 0 Å². The summed E-state index contributed by atoms with van der Waals surface area (Å²) in [6, 6.07) is 8.99. The maximum Gasteiger partial charge on any atom is 0.313 e. The molecule has 0 amide bonds. The number of hydrogen-bond donors (Lipinski definition) is 0. The SMILES string of the molecule is CC(C)(C)C(=O)OCn1cnc(-c2cccc(-c3ccc(F)c(C=O)c3F)c2)n1. The summed E-state index contributed by atoms with van der Waals surface area (Å²) in [5, 5.41) is 4.26. The Hall–Kier alpha value is -3.42. The van der Waals surface area contributed by atoms with E-state index in [9.17, 15) is 18.4 Å². The average Bonchev–Trinajstić information content (AvgIpc) is 3.15. The second kappa shape index (κ2) is 7.90.